The van der Waals surface area contributed by atoms with Gasteiger partial charge < -0.3 is 15.3 Å². The predicted molar refractivity (Wildman–Crippen MR) is 98.2 cm³/mol. The molecule has 2 N–H and O–H groups in total. The molecule has 2 aromatic rings. The molecule has 1 saturated heterocycles. The number of aromatic nitrogens is 3. The molecule has 8 nitrogen and oxygen atoms in total. The lowest BCUT2D eigenvalue weighted by atomic mass is 10.1. The minimum absolute atomic E-state index is 0.0117. The van der Waals surface area contributed by atoms with E-state index in [1.165, 1.54) is 6.20 Å². The fraction of sp³-hybridized carbons (Fsp3) is 0.579. The Labute approximate surface area is 157 Å². The molecule has 0 radical (unpaired) electrons. The SMILES string of the molecule is O=C(N[C@H]1CC[C@@H](C(=O)N2CCCC2)C1)c1cnn2cc(CCO)cnc12. The number of carbonyl (C=O) groups is 2. The molecule has 1 saturated carbocycles. The monoisotopic (exact) mass is 371 g/mol. The first-order valence-electron chi connectivity index (χ1n) is 9.68. The summed E-state index contributed by atoms with van der Waals surface area (Å²) >= 11 is 0. The Morgan fingerprint density at radius 3 is 2.81 bits per heavy atom. The maximum absolute atomic E-state index is 12.7. The number of aliphatic hydroxyl groups is 1. The summed E-state index contributed by atoms with van der Waals surface area (Å²) in [5.41, 5.74) is 1.79. The first-order chi connectivity index (χ1) is 13.2. The zero-order chi connectivity index (χ0) is 18.8. The van der Waals surface area contributed by atoms with Gasteiger partial charge >= 0.3 is 0 Å². The Hall–Kier alpha value is -2.48. The van der Waals surface area contributed by atoms with Gasteiger partial charge in [0.05, 0.1) is 6.20 Å². The standard InChI is InChI=1S/C19H25N5O3/c25-8-5-13-10-20-17-16(11-21-24(17)12-13)18(26)22-15-4-3-14(9-15)19(27)23-6-1-2-7-23/h10-12,14-15,25H,1-9H2,(H,22,26)/t14-,15+/m1/s1. The topological polar surface area (TPSA) is 99.8 Å². The zero-order valence-electron chi connectivity index (χ0n) is 15.3. The van der Waals surface area contributed by atoms with Crippen LogP contribution in [0.2, 0.25) is 0 Å². The van der Waals surface area contributed by atoms with Crippen molar-refractivity contribution in [1.29, 1.82) is 0 Å². The number of hydrogen-bond donors (Lipinski definition) is 2. The maximum atomic E-state index is 12.7. The van der Waals surface area contributed by atoms with Crippen molar-refractivity contribution in [3.05, 3.63) is 29.7 Å². The summed E-state index contributed by atoms with van der Waals surface area (Å²) in [7, 11) is 0. The molecule has 27 heavy (non-hydrogen) atoms. The summed E-state index contributed by atoms with van der Waals surface area (Å²) < 4.78 is 1.56. The largest absolute Gasteiger partial charge is 0.396 e. The lowest BCUT2D eigenvalue weighted by Gasteiger charge is -2.20. The van der Waals surface area contributed by atoms with Crippen molar-refractivity contribution in [2.24, 2.45) is 5.92 Å². The van der Waals surface area contributed by atoms with Crippen molar-refractivity contribution in [3.8, 4) is 0 Å². The first kappa shape index (κ1) is 17.9. The molecular weight excluding hydrogens is 346 g/mol. The van der Waals surface area contributed by atoms with Gasteiger partial charge in [-0.3, -0.25) is 9.59 Å². The van der Waals surface area contributed by atoms with Crippen LogP contribution in [-0.2, 0) is 11.2 Å². The van der Waals surface area contributed by atoms with Crippen molar-refractivity contribution in [1.82, 2.24) is 24.8 Å². The second-order valence-corrected chi connectivity index (χ2v) is 7.47. The average Bonchev–Trinajstić information content (AvgIpc) is 3.41. The van der Waals surface area contributed by atoms with E-state index in [-0.39, 0.29) is 30.4 Å². The third-order valence-corrected chi connectivity index (χ3v) is 5.59. The highest BCUT2D eigenvalue weighted by atomic mass is 16.3. The lowest BCUT2D eigenvalue weighted by Crippen LogP contribution is -2.36. The van der Waals surface area contributed by atoms with Gasteiger partial charge in [-0.1, -0.05) is 0 Å². The highest BCUT2D eigenvalue weighted by Gasteiger charge is 2.34. The van der Waals surface area contributed by atoms with Gasteiger partial charge in [0.25, 0.3) is 5.91 Å². The first-order valence-corrected chi connectivity index (χ1v) is 9.68. The van der Waals surface area contributed by atoms with E-state index in [2.05, 4.69) is 15.4 Å². The molecule has 4 rings (SSSR count). The third-order valence-electron chi connectivity index (χ3n) is 5.59. The van der Waals surface area contributed by atoms with Gasteiger partial charge in [0.15, 0.2) is 5.65 Å². The van der Waals surface area contributed by atoms with Crippen molar-refractivity contribution in [2.45, 2.75) is 44.6 Å². The fourth-order valence-corrected chi connectivity index (χ4v) is 4.13. The quantitative estimate of drug-likeness (QED) is 0.809. The summed E-state index contributed by atoms with van der Waals surface area (Å²) in [5.74, 6) is 0.0708. The number of aliphatic hydroxyl groups excluding tert-OH is 1. The van der Waals surface area contributed by atoms with Crippen LogP contribution >= 0.6 is 0 Å². The normalized spacial score (nSPS) is 22.5. The summed E-state index contributed by atoms with van der Waals surface area (Å²) in [6.07, 6.45) is 10.00. The molecule has 1 aliphatic heterocycles. The molecule has 1 aliphatic carbocycles. The van der Waals surface area contributed by atoms with Crippen LogP contribution in [-0.4, -0.2) is 62.2 Å². The van der Waals surface area contributed by atoms with E-state index >= 15 is 0 Å². The summed E-state index contributed by atoms with van der Waals surface area (Å²) in [6, 6.07) is 0.0117. The van der Waals surface area contributed by atoms with E-state index in [9.17, 15) is 9.59 Å². The molecule has 0 unspecified atom stereocenters. The average molecular weight is 371 g/mol. The number of likely N-dealkylation sites (tertiary alicyclic amines) is 1. The molecule has 2 aliphatic rings. The molecular formula is C19H25N5O3. The van der Waals surface area contributed by atoms with Crippen LogP contribution in [0.4, 0.5) is 0 Å². The number of nitrogens with one attached hydrogen (secondary N) is 1. The highest BCUT2D eigenvalue weighted by molar-refractivity contribution is 5.99. The molecule has 2 amide bonds. The van der Waals surface area contributed by atoms with E-state index in [1.54, 1.807) is 16.9 Å². The summed E-state index contributed by atoms with van der Waals surface area (Å²) in [4.78, 5) is 31.5. The Bertz CT molecular complexity index is 843. The molecule has 2 fully saturated rings. The van der Waals surface area contributed by atoms with Gasteiger partial charge in [-0.25, -0.2) is 9.50 Å². The minimum Gasteiger partial charge on any atom is -0.396 e. The number of amides is 2. The molecule has 0 spiro atoms. The summed E-state index contributed by atoms with van der Waals surface area (Å²) in [5, 5.41) is 16.3. The van der Waals surface area contributed by atoms with E-state index in [4.69, 9.17) is 5.11 Å². The molecule has 0 bridgehead atoms. The van der Waals surface area contributed by atoms with Gasteiger partial charge in [-0.05, 0) is 44.1 Å². The van der Waals surface area contributed by atoms with Gasteiger partial charge in [0.2, 0.25) is 5.91 Å². The fourth-order valence-electron chi connectivity index (χ4n) is 4.13. The second kappa shape index (κ2) is 7.64. The van der Waals surface area contributed by atoms with Crippen molar-refractivity contribution in [3.63, 3.8) is 0 Å². The van der Waals surface area contributed by atoms with Crippen LogP contribution in [0.15, 0.2) is 18.6 Å². The Morgan fingerprint density at radius 1 is 1.22 bits per heavy atom. The Kier molecular flexibility index (Phi) is 5.07. The van der Waals surface area contributed by atoms with Crippen molar-refractivity contribution < 1.29 is 14.7 Å². The van der Waals surface area contributed by atoms with Crippen molar-refractivity contribution in [2.75, 3.05) is 19.7 Å². The molecule has 144 valence electrons. The van der Waals surface area contributed by atoms with Crippen LogP contribution in [0.25, 0.3) is 5.65 Å². The Morgan fingerprint density at radius 2 is 2.04 bits per heavy atom. The molecule has 2 atom stereocenters. The zero-order valence-corrected chi connectivity index (χ0v) is 15.3. The van der Waals surface area contributed by atoms with E-state index < -0.39 is 0 Å². The maximum Gasteiger partial charge on any atom is 0.256 e. The second-order valence-electron chi connectivity index (χ2n) is 7.47. The van der Waals surface area contributed by atoms with E-state index in [0.29, 0.717) is 24.1 Å². The van der Waals surface area contributed by atoms with Gasteiger partial charge in [0, 0.05) is 44.0 Å². The molecule has 3 heterocycles. The number of nitrogens with zero attached hydrogens (tertiary/aromatic N) is 4. The van der Waals surface area contributed by atoms with Gasteiger partial charge in [-0.15, -0.1) is 0 Å². The van der Waals surface area contributed by atoms with E-state index in [1.807, 2.05) is 4.90 Å². The number of rotatable bonds is 5. The minimum atomic E-state index is -0.202. The van der Waals surface area contributed by atoms with Crippen LogP contribution in [0.3, 0.4) is 0 Å². The van der Waals surface area contributed by atoms with Crippen LogP contribution in [0, 0.1) is 5.92 Å². The molecule has 2 aromatic heterocycles. The molecule has 0 aromatic carbocycles. The highest BCUT2D eigenvalue weighted by Crippen LogP contribution is 2.29. The van der Waals surface area contributed by atoms with Crippen molar-refractivity contribution >= 4 is 17.5 Å². The predicted octanol–water partition coefficient (Wildman–Crippen LogP) is 0.785. The van der Waals surface area contributed by atoms with Crippen LogP contribution in [0.1, 0.15) is 48.0 Å². The van der Waals surface area contributed by atoms with Crippen LogP contribution in [0.5, 0.6) is 0 Å². The smallest absolute Gasteiger partial charge is 0.256 e. The third kappa shape index (κ3) is 3.66. The van der Waals surface area contributed by atoms with E-state index in [0.717, 1.165) is 44.3 Å². The lowest BCUT2D eigenvalue weighted by molar-refractivity contribution is -0.134. The van der Waals surface area contributed by atoms with Gasteiger partial charge in [-0.2, -0.15) is 5.10 Å². The number of fused-ring (bicyclic) bond motifs is 1. The number of carbonyl (C=O) groups excluding carboxylic acids is 2. The number of hydrogen-bond acceptors (Lipinski definition) is 5. The summed E-state index contributed by atoms with van der Waals surface area (Å²) in [6.45, 7) is 1.79. The Balaban J connectivity index is 1.39. The molecule has 8 heteroatoms. The van der Waals surface area contributed by atoms with Crippen LogP contribution < -0.4 is 5.32 Å². The van der Waals surface area contributed by atoms with Gasteiger partial charge in [0.1, 0.15) is 5.56 Å².